The average molecular weight is 402 g/mol. The molecule has 0 aliphatic rings. The number of hydrogen-bond acceptors (Lipinski definition) is 4. The average Bonchev–Trinajstić information content (AvgIpc) is 3.27. The Labute approximate surface area is 175 Å². The molecular formula is C24H23N3OS. The molecule has 0 fully saturated rings. The van der Waals surface area contributed by atoms with Crippen molar-refractivity contribution in [2.45, 2.75) is 13.8 Å². The number of carbonyl (C=O) groups excluding carboxylic acids is 1. The number of nitrogens with one attached hydrogen (secondary N) is 1. The number of nitrogens with zero attached hydrogens (tertiary/aromatic N) is 1. The lowest BCUT2D eigenvalue weighted by Crippen LogP contribution is -2.15. The standard InChI is InChI=1S/C24H23N3OS/c1-4-5-21(17(3)15-25)23(28)27-20-10-8-18(9-11-20)22-14-19(7-6-16(22)2)24-26-12-13-29-24/h4-15H,1,25H2,2-3H3,(H,27,28)/b17-15-,21-5+. The first kappa shape index (κ1) is 20.3. The van der Waals surface area contributed by atoms with Crippen molar-refractivity contribution in [3.05, 3.63) is 95.7 Å². The lowest BCUT2D eigenvalue weighted by atomic mass is 9.98. The molecule has 3 aromatic rings. The van der Waals surface area contributed by atoms with Gasteiger partial charge in [-0.25, -0.2) is 4.98 Å². The van der Waals surface area contributed by atoms with Crippen LogP contribution < -0.4 is 11.1 Å². The lowest BCUT2D eigenvalue weighted by molar-refractivity contribution is -0.112. The molecule has 29 heavy (non-hydrogen) atoms. The summed E-state index contributed by atoms with van der Waals surface area (Å²) in [6.45, 7) is 7.53. The van der Waals surface area contributed by atoms with Crippen LogP contribution in [0.1, 0.15) is 12.5 Å². The Balaban J connectivity index is 1.84. The molecule has 0 saturated carbocycles. The zero-order chi connectivity index (χ0) is 20.8. The Kier molecular flexibility index (Phi) is 6.42. The van der Waals surface area contributed by atoms with E-state index in [2.05, 4.69) is 42.0 Å². The van der Waals surface area contributed by atoms with E-state index in [1.807, 2.05) is 35.8 Å². The fourth-order valence-corrected chi connectivity index (χ4v) is 3.59. The highest BCUT2D eigenvalue weighted by atomic mass is 32.1. The normalized spacial score (nSPS) is 11.9. The minimum atomic E-state index is -0.223. The number of aryl methyl sites for hydroxylation is 1. The Morgan fingerprint density at radius 2 is 1.90 bits per heavy atom. The first-order valence-corrected chi connectivity index (χ1v) is 10.1. The van der Waals surface area contributed by atoms with Crippen LogP contribution in [0.5, 0.6) is 0 Å². The molecule has 0 radical (unpaired) electrons. The zero-order valence-electron chi connectivity index (χ0n) is 16.5. The van der Waals surface area contributed by atoms with E-state index in [-0.39, 0.29) is 5.91 Å². The Hall–Kier alpha value is -3.44. The van der Waals surface area contributed by atoms with E-state index in [1.165, 1.54) is 11.8 Å². The molecule has 1 amide bonds. The fraction of sp³-hybridized carbons (Fsp3) is 0.0833. The highest BCUT2D eigenvalue weighted by Gasteiger charge is 2.12. The van der Waals surface area contributed by atoms with Gasteiger partial charge in [-0.2, -0.15) is 0 Å². The first-order chi connectivity index (χ1) is 14.0. The summed E-state index contributed by atoms with van der Waals surface area (Å²) in [6.07, 6.45) is 6.45. The van der Waals surface area contributed by atoms with Crippen LogP contribution in [0, 0.1) is 6.92 Å². The molecule has 3 rings (SSSR count). The molecule has 0 bridgehead atoms. The fourth-order valence-electron chi connectivity index (χ4n) is 2.96. The molecule has 0 atom stereocenters. The predicted octanol–water partition coefficient (Wildman–Crippen LogP) is 5.70. The molecule has 4 nitrogen and oxygen atoms in total. The molecule has 0 spiro atoms. The van der Waals surface area contributed by atoms with Gasteiger partial charge in [-0.3, -0.25) is 4.79 Å². The molecule has 2 aromatic carbocycles. The van der Waals surface area contributed by atoms with Gasteiger partial charge in [-0.15, -0.1) is 11.3 Å². The molecule has 5 heteroatoms. The zero-order valence-corrected chi connectivity index (χ0v) is 17.3. The third-order valence-corrected chi connectivity index (χ3v) is 5.40. The van der Waals surface area contributed by atoms with Gasteiger partial charge in [0.1, 0.15) is 5.01 Å². The second-order valence-electron chi connectivity index (χ2n) is 6.56. The van der Waals surface area contributed by atoms with Gasteiger partial charge in [0.15, 0.2) is 0 Å². The third-order valence-electron chi connectivity index (χ3n) is 4.57. The van der Waals surface area contributed by atoms with Gasteiger partial charge < -0.3 is 11.1 Å². The van der Waals surface area contributed by atoms with Gasteiger partial charge in [-0.1, -0.05) is 36.9 Å². The molecule has 3 N–H and O–H groups in total. The number of hydrogen-bond donors (Lipinski definition) is 2. The van der Waals surface area contributed by atoms with Crippen molar-refractivity contribution in [2.75, 3.05) is 5.32 Å². The minimum Gasteiger partial charge on any atom is -0.404 e. The van der Waals surface area contributed by atoms with E-state index >= 15 is 0 Å². The van der Waals surface area contributed by atoms with E-state index in [1.54, 1.807) is 30.4 Å². The summed E-state index contributed by atoms with van der Waals surface area (Å²) in [5.41, 5.74) is 12.0. The maximum atomic E-state index is 12.6. The van der Waals surface area contributed by atoms with Gasteiger partial charge in [0.05, 0.1) is 0 Å². The Morgan fingerprint density at radius 1 is 1.17 bits per heavy atom. The molecular weight excluding hydrogens is 378 g/mol. The van der Waals surface area contributed by atoms with Crippen LogP contribution >= 0.6 is 11.3 Å². The van der Waals surface area contributed by atoms with Gasteiger partial charge in [0.25, 0.3) is 5.91 Å². The van der Waals surface area contributed by atoms with E-state index < -0.39 is 0 Å². The summed E-state index contributed by atoms with van der Waals surface area (Å²) in [7, 11) is 0. The summed E-state index contributed by atoms with van der Waals surface area (Å²) in [4.78, 5) is 17.0. The summed E-state index contributed by atoms with van der Waals surface area (Å²) < 4.78 is 0. The number of thiazole rings is 1. The molecule has 1 aromatic heterocycles. The van der Waals surface area contributed by atoms with Crippen LogP contribution in [0.4, 0.5) is 5.69 Å². The van der Waals surface area contributed by atoms with E-state index in [9.17, 15) is 4.79 Å². The van der Waals surface area contributed by atoms with Crippen molar-refractivity contribution in [1.29, 1.82) is 0 Å². The minimum absolute atomic E-state index is 0.223. The molecule has 1 heterocycles. The van der Waals surface area contributed by atoms with Gasteiger partial charge in [0.2, 0.25) is 0 Å². The first-order valence-electron chi connectivity index (χ1n) is 9.17. The van der Waals surface area contributed by atoms with Crippen LogP contribution in [-0.2, 0) is 4.79 Å². The maximum absolute atomic E-state index is 12.6. The molecule has 0 unspecified atom stereocenters. The third kappa shape index (κ3) is 4.70. The smallest absolute Gasteiger partial charge is 0.255 e. The van der Waals surface area contributed by atoms with Crippen molar-refractivity contribution in [1.82, 2.24) is 4.98 Å². The summed E-state index contributed by atoms with van der Waals surface area (Å²) in [5.74, 6) is -0.223. The van der Waals surface area contributed by atoms with Gasteiger partial charge in [-0.05, 0) is 66.6 Å². The monoisotopic (exact) mass is 401 g/mol. The predicted molar refractivity (Wildman–Crippen MR) is 123 cm³/mol. The van der Waals surface area contributed by atoms with Crippen LogP contribution in [0.3, 0.4) is 0 Å². The SMILES string of the molecule is C=C/C=C(C(=O)Nc1ccc(-c2cc(-c3nccs3)ccc2C)cc1)\C(C)=C/N. The Morgan fingerprint density at radius 3 is 2.52 bits per heavy atom. The van der Waals surface area contributed by atoms with Crippen LogP contribution in [0.25, 0.3) is 21.7 Å². The van der Waals surface area contributed by atoms with E-state index in [0.717, 1.165) is 21.7 Å². The van der Waals surface area contributed by atoms with Crippen molar-refractivity contribution < 1.29 is 4.79 Å². The molecule has 0 saturated heterocycles. The number of rotatable bonds is 6. The molecule has 0 aliphatic heterocycles. The van der Waals surface area contributed by atoms with Crippen molar-refractivity contribution in [3.63, 3.8) is 0 Å². The number of amides is 1. The van der Waals surface area contributed by atoms with Gasteiger partial charge >= 0.3 is 0 Å². The molecule has 146 valence electrons. The second kappa shape index (κ2) is 9.17. The van der Waals surface area contributed by atoms with Crippen LogP contribution in [0.2, 0.25) is 0 Å². The van der Waals surface area contributed by atoms with Crippen LogP contribution in [-0.4, -0.2) is 10.9 Å². The maximum Gasteiger partial charge on any atom is 0.255 e. The highest BCUT2D eigenvalue weighted by molar-refractivity contribution is 7.13. The second-order valence-corrected chi connectivity index (χ2v) is 7.46. The van der Waals surface area contributed by atoms with Crippen LogP contribution in [0.15, 0.2) is 90.1 Å². The topological polar surface area (TPSA) is 68.0 Å². The summed E-state index contributed by atoms with van der Waals surface area (Å²) >= 11 is 1.62. The summed E-state index contributed by atoms with van der Waals surface area (Å²) in [6, 6.07) is 14.2. The number of allylic oxidation sites excluding steroid dienone is 2. The van der Waals surface area contributed by atoms with Crippen molar-refractivity contribution in [2.24, 2.45) is 5.73 Å². The van der Waals surface area contributed by atoms with E-state index in [4.69, 9.17) is 5.73 Å². The lowest BCUT2D eigenvalue weighted by Gasteiger charge is -2.11. The van der Waals surface area contributed by atoms with Gasteiger partial charge in [0, 0.05) is 28.4 Å². The Bertz CT molecular complexity index is 1080. The number of nitrogens with two attached hydrogens (primary N) is 1. The number of aromatic nitrogens is 1. The number of carbonyl (C=O) groups is 1. The van der Waals surface area contributed by atoms with Crippen molar-refractivity contribution >= 4 is 22.9 Å². The van der Waals surface area contributed by atoms with Crippen molar-refractivity contribution in [3.8, 4) is 21.7 Å². The quantitative estimate of drug-likeness (QED) is 0.411. The molecule has 0 aliphatic carbocycles. The number of anilines is 1. The van der Waals surface area contributed by atoms with E-state index in [0.29, 0.717) is 16.8 Å². The highest BCUT2D eigenvalue weighted by Crippen LogP contribution is 2.31. The largest absolute Gasteiger partial charge is 0.404 e. The number of benzene rings is 2. The summed E-state index contributed by atoms with van der Waals surface area (Å²) in [5, 5.41) is 5.88.